The predicted molar refractivity (Wildman–Crippen MR) is 73.5 cm³/mol. The summed E-state index contributed by atoms with van der Waals surface area (Å²) in [4.78, 5) is 4.71. The molecule has 2 N–H and O–H groups in total. The molecule has 0 saturated heterocycles. The van der Waals surface area contributed by atoms with Gasteiger partial charge < -0.3 is 5.73 Å². The van der Waals surface area contributed by atoms with Crippen LogP contribution in [0.2, 0.25) is 5.02 Å². The van der Waals surface area contributed by atoms with E-state index in [4.69, 9.17) is 22.3 Å². The molecule has 0 aliphatic heterocycles. The van der Waals surface area contributed by atoms with Crippen molar-refractivity contribution in [3.63, 3.8) is 0 Å². The third-order valence-corrected chi connectivity index (χ3v) is 3.20. The molecular weight excluding hydrogens is 232 g/mol. The molecule has 0 spiro atoms. The molecule has 0 saturated carbocycles. The maximum atomic E-state index is 6.09. The Morgan fingerprint density at radius 1 is 1.29 bits per heavy atom. The Balaban J connectivity index is 2.82. The molecule has 0 fully saturated rings. The molecule has 0 bridgehead atoms. The van der Waals surface area contributed by atoms with Gasteiger partial charge in [0.2, 0.25) is 0 Å². The van der Waals surface area contributed by atoms with E-state index in [0.717, 1.165) is 32.7 Å². The zero-order valence-electron chi connectivity index (χ0n) is 10.4. The zero-order chi connectivity index (χ0) is 12.6. The Labute approximate surface area is 107 Å². The fourth-order valence-electron chi connectivity index (χ4n) is 2.01. The minimum Gasteiger partial charge on any atom is -0.326 e. The number of aromatic nitrogens is 1. The Morgan fingerprint density at radius 2 is 2.00 bits per heavy atom. The summed E-state index contributed by atoms with van der Waals surface area (Å²) in [7, 11) is 0. The van der Waals surface area contributed by atoms with E-state index < -0.39 is 0 Å². The monoisotopic (exact) mass is 248 g/mol. The number of pyridine rings is 1. The lowest BCUT2D eigenvalue weighted by molar-refractivity contribution is 0.825. The summed E-state index contributed by atoms with van der Waals surface area (Å²) in [6, 6.07) is 5.98. The Hall–Kier alpha value is -1.12. The summed E-state index contributed by atoms with van der Waals surface area (Å²) < 4.78 is 0. The maximum Gasteiger partial charge on any atom is 0.0738 e. The van der Waals surface area contributed by atoms with E-state index in [2.05, 4.69) is 19.9 Å². The van der Waals surface area contributed by atoms with Crippen molar-refractivity contribution in [1.29, 1.82) is 0 Å². The number of hydrogen-bond donors (Lipinski definition) is 1. The van der Waals surface area contributed by atoms with Gasteiger partial charge >= 0.3 is 0 Å². The van der Waals surface area contributed by atoms with E-state index in [0.29, 0.717) is 12.5 Å². The Kier molecular flexibility index (Phi) is 3.36. The SMILES string of the molecule is Cc1cc(Cl)cc2c(CN)cc(C(C)C)nc12. The number of fused-ring (bicyclic) bond motifs is 1. The van der Waals surface area contributed by atoms with E-state index in [-0.39, 0.29) is 0 Å². The van der Waals surface area contributed by atoms with E-state index >= 15 is 0 Å². The minimum absolute atomic E-state index is 0.403. The van der Waals surface area contributed by atoms with Gasteiger partial charge in [-0.05, 0) is 42.2 Å². The first-order chi connectivity index (χ1) is 8.02. The molecule has 0 unspecified atom stereocenters. The lowest BCUT2D eigenvalue weighted by Gasteiger charge is -2.12. The largest absolute Gasteiger partial charge is 0.326 e. The Morgan fingerprint density at radius 3 is 2.59 bits per heavy atom. The molecule has 0 aliphatic rings. The summed E-state index contributed by atoms with van der Waals surface area (Å²) in [5, 5.41) is 1.81. The van der Waals surface area contributed by atoms with Gasteiger partial charge in [-0.3, -0.25) is 4.98 Å². The van der Waals surface area contributed by atoms with Crippen molar-refractivity contribution in [2.75, 3.05) is 0 Å². The van der Waals surface area contributed by atoms with E-state index in [1.807, 2.05) is 19.1 Å². The highest BCUT2D eigenvalue weighted by Crippen LogP contribution is 2.27. The molecule has 0 amide bonds. The molecule has 3 heteroatoms. The molecular formula is C14H17ClN2. The van der Waals surface area contributed by atoms with Gasteiger partial charge in [0.15, 0.2) is 0 Å². The highest BCUT2D eigenvalue weighted by atomic mass is 35.5. The van der Waals surface area contributed by atoms with E-state index in [1.54, 1.807) is 0 Å². The molecule has 2 rings (SSSR count). The van der Waals surface area contributed by atoms with Crippen LogP contribution in [0.15, 0.2) is 18.2 Å². The van der Waals surface area contributed by atoms with Gasteiger partial charge in [-0.25, -0.2) is 0 Å². The van der Waals surface area contributed by atoms with Crippen molar-refractivity contribution in [2.24, 2.45) is 5.73 Å². The van der Waals surface area contributed by atoms with Crippen LogP contribution in [-0.4, -0.2) is 4.98 Å². The van der Waals surface area contributed by atoms with Crippen LogP contribution in [0.4, 0.5) is 0 Å². The van der Waals surface area contributed by atoms with Crippen molar-refractivity contribution in [3.8, 4) is 0 Å². The maximum absolute atomic E-state index is 6.09. The Bertz CT molecular complexity index is 562. The number of halogens is 1. The first kappa shape index (κ1) is 12.3. The van der Waals surface area contributed by atoms with E-state index in [1.165, 1.54) is 0 Å². The smallest absolute Gasteiger partial charge is 0.0738 e. The average molecular weight is 249 g/mol. The standard InChI is InChI=1S/C14H17ClN2/c1-8(2)13-5-10(7-16)12-6-11(15)4-9(3)14(12)17-13/h4-6,8H,7,16H2,1-3H3. The van der Waals surface area contributed by atoms with Gasteiger partial charge in [-0.2, -0.15) is 0 Å². The van der Waals surface area contributed by atoms with Crippen molar-refractivity contribution >= 4 is 22.5 Å². The molecule has 0 radical (unpaired) electrons. The second-order valence-corrected chi connectivity index (χ2v) is 5.12. The van der Waals surface area contributed by atoms with Gasteiger partial charge in [-0.15, -0.1) is 0 Å². The zero-order valence-corrected chi connectivity index (χ0v) is 11.2. The summed E-state index contributed by atoms with van der Waals surface area (Å²) >= 11 is 6.09. The van der Waals surface area contributed by atoms with Crippen LogP contribution < -0.4 is 5.73 Å². The van der Waals surface area contributed by atoms with Gasteiger partial charge in [0.05, 0.1) is 5.52 Å². The van der Waals surface area contributed by atoms with Crippen molar-refractivity contribution in [2.45, 2.75) is 33.2 Å². The lowest BCUT2D eigenvalue weighted by atomic mass is 10.0. The highest BCUT2D eigenvalue weighted by molar-refractivity contribution is 6.31. The van der Waals surface area contributed by atoms with Crippen LogP contribution in [-0.2, 0) is 6.54 Å². The average Bonchev–Trinajstić information content (AvgIpc) is 2.27. The van der Waals surface area contributed by atoms with Crippen LogP contribution in [0.3, 0.4) is 0 Å². The number of hydrogen-bond acceptors (Lipinski definition) is 2. The second-order valence-electron chi connectivity index (χ2n) is 4.68. The lowest BCUT2D eigenvalue weighted by Crippen LogP contribution is -2.03. The van der Waals surface area contributed by atoms with Crippen LogP contribution in [0.25, 0.3) is 10.9 Å². The molecule has 90 valence electrons. The van der Waals surface area contributed by atoms with Crippen molar-refractivity contribution in [1.82, 2.24) is 4.98 Å². The van der Waals surface area contributed by atoms with Gasteiger partial charge in [0.25, 0.3) is 0 Å². The fourth-order valence-corrected chi connectivity index (χ4v) is 2.28. The highest BCUT2D eigenvalue weighted by Gasteiger charge is 2.10. The summed E-state index contributed by atoms with van der Waals surface area (Å²) in [6.45, 7) is 6.82. The van der Waals surface area contributed by atoms with Gasteiger partial charge in [-0.1, -0.05) is 25.4 Å². The summed E-state index contributed by atoms with van der Waals surface area (Å²) in [5.74, 6) is 0.403. The second kappa shape index (κ2) is 4.63. The summed E-state index contributed by atoms with van der Waals surface area (Å²) in [6.07, 6.45) is 0. The molecule has 2 nitrogen and oxygen atoms in total. The molecule has 0 aliphatic carbocycles. The quantitative estimate of drug-likeness (QED) is 0.879. The minimum atomic E-state index is 0.403. The number of aryl methyl sites for hydroxylation is 1. The van der Waals surface area contributed by atoms with Crippen molar-refractivity contribution in [3.05, 3.63) is 40.0 Å². The first-order valence-electron chi connectivity index (χ1n) is 5.82. The van der Waals surface area contributed by atoms with Gasteiger partial charge in [0, 0.05) is 22.6 Å². The number of nitrogens with zero attached hydrogens (tertiary/aromatic N) is 1. The molecule has 0 atom stereocenters. The fraction of sp³-hybridized carbons (Fsp3) is 0.357. The topological polar surface area (TPSA) is 38.9 Å². The normalized spacial score (nSPS) is 11.4. The van der Waals surface area contributed by atoms with Crippen LogP contribution >= 0.6 is 11.6 Å². The van der Waals surface area contributed by atoms with Crippen LogP contribution in [0.5, 0.6) is 0 Å². The molecule has 1 heterocycles. The number of rotatable bonds is 2. The number of benzene rings is 1. The predicted octanol–water partition coefficient (Wildman–Crippen LogP) is 3.78. The van der Waals surface area contributed by atoms with Crippen LogP contribution in [0.1, 0.15) is 36.6 Å². The van der Waals surface area contributed by atoms with Crippen LogP contribution in [0, 0.1) is 6.92 Å². The molecule has 17 heavy (non-hydrogen) atoms. The van der Waals surface area contributed by atoms with Gasteiger partial charge in [0.1, 0.15) is 0 Å². The molecule has 1 aromatic carbocycles. The third kappa shape index (κ3) is 2.28. The van der Waals surface area contributed by atoms with Crippen molar-refractivity contribution < 1.29 is 0 Å². The third-order valence-electron chi connectivity index (χ3n) is 2.99. The van der Waals surface area contributed by atoms with E-state index in [9.17, 15) is 0 Å². The molecule has 2 aromatic rings. The first-order valence-corrected chi connectivity index (χ1v) is 6.20. The number of nitrogens with two attached hydrogens (primary N) is 1. The summed E-state index contributed by atoms with van der Waals surface area (Å²) in [5.41, 5.74) is 10.1. The molecule has 1 aromatic heterocycles.